The average Bonchev–Trinajstić information content (AvgIpc) is 3.14. The van der Waals surface area contributed by atoms with Gasteiger partial charge in [0.05, 0.1) is 6.61 Å². The number of nitrogens with one attached hydrogen (secondary N) is 2. The number of hydrogen-bond acceptors (Lipinski definition) is 4. The molecule has 5 heteroatoms. The van der Waals surface area contributed by atoms with Gasteiger partial charge in [0.25, 0.3) is 0 Å². The van der Waals surface area contributed by atoms with E-state index in [0.717, 1.165) is 12.8 Å². The molecular formula is C13H19N3O2. The molecule has 1 atom stereocenters. The third-order valence-corrected chi connectivity index (χ3v) is 2.70. The molecule has 1 aliphatic rings. The lowest BCUT2D eigenvalue weighted by atomic mass is 10.3. The van der Waals surface area contributed by atoms with Crippen LogP contribution in [0.4, 0.5) is 5.82 Å². The molecule has 1 fully saturated rings. The maximum absolute atomic E-state index is 11.8. The molecule has 5 nitrogen and oxygen atoms in total. The number of rotatable bonds is 6. The zero-order valence-electron chi connectivity index (χ0n) is 10.8. The van der Waals surface area contributed by atoms with E-state index in [9.17, 15) is 4.79 Å². The van der Waals surface area contributed by atoms with E-state index < -0.39 is 0 Å². The Kier molecular flexibility index (Phi) is 4.02. The Morgan fingerprint density at radius 1 is 1.56 bits per heavy atom. The molecule has 18 heavy (non-hydrogen) atoms. The van der Waals surface area contributed by atoms with Crippen molar-refractivity contribution in [2.45, 2.75) is 38.8 Å². The minimum absolute atomic E-state index is 0.0149. The zero-order valence-corrected chi connectivity index (χ0v) is 10.8. The van der Waals surface area contributed by atoms with Gasteiger partial charge in [0, 0.05) is 12.1 Å². The Hall–Kier alpha value is -1.78. The molecule has 1 unspecified atom stereocenters. The van der Waals surface area contributed by atoms with Crippen LogP contribution in [0.1, 0.15) is 26.7 Å². The Morgan fingerprint density at radius 3 is 3.00 bits per heavy atom. The average molecular weight is 249 g/mol. The molecule has 1 amide bonds. The second-order valence-electron chi connectivity index (χ2n) is 4.44. The largest absolute Gasteiger partial charge is 0.478 e. The number of carbonyl (C=O) groups is 1. The maximum Gasteiger partial charge on any atom is 0.242 e. The third-order valence-electron chi connectivity index (χ3n) is 2.70. The molecular weight excluding hydrogens is 230 g/mol. The smallest absolute Gasteiger partial charge is 0.242 e. The predicted octanol–water partition coefficient (Wildman–Crippen LogP) is 1.56. The maximum atomic E-state index is 11.8. The summed E-state index contributed by atoms with van der Waals surface area (Å²) in [4.78, 5) is 16.0. The normalized spacial score (nSPS) is 15.9. The first-order valence-electron chi connectivity index (χ1n) is 6.36. The van der Waals surface area contributed by atoms with E-state index in [4.69, 9.17) is 4.74 Å². The highest BCUT2D eigenvalue weighted by molar-refractivity contribution is 5.84. The summed E-state index contributed by atoms with van der Waals surface area (Å²) in [6, 6.07) is 5.55. The molecule has 98 valence electrons. The van der Waals surface area contributed by atoms with Gasteiger partial charge in [-0.15, -0.1) is 0 Å². The first-order valence-corrected chi connectivity index (χ1v) is 6.36. The Bertz CT molecular complexity index is 418. The minimum atomic E-state index is -0.296. The molecule has 0 aromatic carbocycles. The van der Waals surface area contributed by atoms with Crippen molar-refractivity contribution in [3.63, 3.8) is 0 Å². The van der Waals surface area contributed by atoms with Crippen LogP contribution in [0.5, 0.6) is 5.88 Å². The molecule has 1 aromatic rings. The molecule has 0 saturated heterocycles. The molecule has 0 spiro atoms. The van der Waals surface area contributed by atoms with Gasteiger partial charge in [0.1, 0.15) is 11.9 Å². The fraction of sp³-hybridized carbons (Fsp3) is 0.538. The van der Waals surface area contributed by atoms with Gasteiger partial charge >= 0.3 is 0 Å². The summed E-state index contributed by atoms with van der Waals surface area (Å²) >= 11 is 0. The van der Waals surface area contributed by atoms with Crippen LogP contribution in [0.25, 0.3) is 0 Å². The second kappa shape index (κ2) is 5.71. The van der Waals surface area contributed by atoms with Crippen LogP contribution in [0, 0.1) is 0 Å². The Labute approximate surface area is 107 Å². The van der Waals surface area contributed by atoms with Gasteiger partial charge in [-0.1, -0.05) is 6.07 Å². The van der Waals surface area contributed by atoms with Crippen molar-refractivity contribution in [3.05, 3.63) is 18.2 Å². The molecule has 0 radical (unpaired) electrons. The lowest BCUT2D eigenvalue weighted by molar-refractivity contribution is -0.121. The number of aromatic nitrogens is 1. The molecule has 1 saturated carbocycles. The van der Waals surface area contributed by atoms with E-state index in [2.05, 4.69) is 15.6 Å². The van der Waals surface area contributed by atoms with Gasteiger partial charge in [-0.2, -0.15) is 4.98 Å². The first kappa shape index (κ1) is 12.7. The van der Waals surface area contributed by atoms with E-state index >= 15 is 0 Å². The summed E-state index contributed by atoms with van der Waals surface area (Å²) in [5.41, 5.74) is 0. The number of carbonyl (C=O) groups excluding carboxylic acids is 1. The van der Waals surface area contributed by atoms with E-state index in [1.54, 1.807) is 6.07 Å². The first-order chi connectivity index (χ1) is 8.69. The summed E-state index contributed by atoms with van der Waals surface area (Å²) in [6.07, 6.45) is 2.19. The van der Waals surface area contributed by atoms with E-state index in [-0.39, 0.29) is 11.9 Å². The van der Waals surface area contributed by atoms with Crippen molar-refractivity contribution in [2.75, 3.05) is 11.9 Å². The fourth-order valence-electron chi connectivity index (χ4n) is 1.56. The fourth-order valence-corrected chi connectivity index (χ4v) is 1.56. The summed E-state index contributed by atoms with van der Waals surface area (Å²) in [5.74, 6) is 1.23. The van der Waals surface area contributed by atoms with E-state index in [1.807, 2.05) is 26.0 Å². The van der Waals surface area contributed by atoms with Gasteiger partial charge in [-0.25, -0.2) is 0 Å². The number of pyridine rings is 1. The summed E-state index contributed by atoms with van der Waals surface area (Å²) in [5, 5.41) is 6.02. The summed E-state index contributed by atoms with van der Waals surface area (Å²) in [7, 11) is 0. The number of hydrogen-bond donors (Lipinski definition) is 2. The highest BCUT2D eigenvalue weighted by Crippen LogP contribution is 2.19. The van der Waals surface area contributed by atoms with Crippen molar-refractivity contribution in [1.82, 2.24) is 10.3 Å². The standard InChI is InChI=1S/C13H19N3O2/c1-3-18-12-6-4-5-11(16-12)14-9(2)13(17)15-10-7-8-10/h4-6,9-10H,3,7-8H2,1-2H3,(H,14,16)(H,15,17). The molecule has 2 rings (SSSR count). The number of ether oxygens (including phenoxy) is 1. The van der Waals surface area contributed by atoms with Gasteiger partial charge in [0.2, 0.25) is 11.8 Å². The van der Waals surface area contributed by atoms with Crippen molar-refractivity contribution in [2.24, 2.45) is 0 Å². The highest BCUT2D eigenvalue weighted by atomic mass is 16.5. The van der Waals surface area contributed by atoms with Gasteiger partial charge in [0.15, 0.2) is 0 Å². The summed E-state index contributed by atoms with van der Waals surface area (Å²) in [6.45, 7) is 4.31. The Balaban J connectivity index is 1.90. The van der Waals surface area contributed by atoms with E-state index in [0.29, 0.717) is 24.3 Å². The van der Waals surface area contributed by atoms with Crippen molar-refractivity contribution in [1.29, 1.82) is 0 Å². The molecule has 1 aromatic heterocycles. The molecule has 0 aliphatic heterocycles. The van der Waals surface area contributed by atoms with Crippen molar-refractivity contribution < 1.29 is 9.53 Å². The van der Waals surface area contributed by atoms with Gasteiger partial charge in [-0.05, 0) is 32.8 Å². The minimum Gasteiger partial charge on any atom is -0.478 e. The monoisotopic (exact) mass is 249 g/mol. The number of nitrogens with zero attached hydrogens (tertiary/aromatic N) is 1. The van der Waals surface area contributed by atoms with Crippen molar-refractivity contribution >= 4 is 11.7 Å². The topological polar surface area (TPSA) is 63.2 Å². The predicted molar refractivity (Wildman–Crippen MR) is 69.7 cm³/mol. The molecule has 1 aliphatic carbocycles. The van der Waals surface area contributed by atoms with Crippen LogP contribution < -0.4 is 15.4 Å². The molecule has 2 N–H and O–H groups in total. The van der Waals surface area contributed by atoms with Crippen LogP contribution in [-0.4, -0.2) is 29.6 Å². The zero-order chi connectivity index (χ0) is 13.0. The lowest BCUT2D eigenvalue weighted by Crippen LogP contribution is -2.38. The summed E-state index contributed by atoms with van der Waals surface area (Å²) < 4.78 is 5.31. The second-order valence-corrected chi connectivity index (χ2v) is 4.44. The quantitative estimate of drug-likeness (QED) is 0.803. The van der Waals surface area contributed by atoms with Gasteiger partial charge < -0.3 is 15.4 Å². The number of anilines is 1. The lowest BCUT2D eigenvalue weighted by Gasteiger charge is -2.14. The van der Waals surface area contributed by atoms with Crippen LogP contribution in [0.3, 0.4) is 0 Å². The van der Waals surface area contributed by atoms with Crippen molar-refractivity contribution in [3.8, 4) is 5.88 Å². The van der Waals surface area contributed by atoms with Crippen LogP contribution in [0.2, 0.25) is 0 Å². The van der Waals surface area contributed by atoms with Crippen LogP contribution in [0.15, 0.2) is 18.2 Å². The van der Waals surface area contributed by atoms with Crippen LogP contribution in [-0.2, 0) is 4.79 Å². The van der Waals surface area contributed by atoms with Crippen LogP contribution >= 0.6 is 0 Å². The molecule has 1 heterocycles. The van der Waals surface area contributed by atoms with Gasteiger partial charge in [-0.3, -0.25) is 4.79 Å². The number of amides is 1. The highest BCUT2D eigenvalue weighted by Gasteiger charge is 2.25. The Morgan fingerprint density at radius 2 is 2.33 bits per heavy atom. The third kappa shape index (κ3) is 3.61. The van der Waals surface area contributed by atoms with E-state index in [1.165, 1.54) is 0 Å². The SMILES string of the molecule is CCOc1cccc(NC(C)C(=O)NC2CC2)n1. The molecule has 0 bridgehead atoms.